The molecule has 0 aliphatic carbocycles. The fraction of sp³-hybridized carbons (Fsp3) is 0.692. The number of rotatable bonds is 4. The number of ether oxygens (including phenoxy) is 1. The van der Waals surface area contributed by atoms with Crippen molar-refractivity contribution in [3.05, 3.63) is 17.5 Å². The highest BCUT2D eigenvalue weighted by Gasteiger charge is 2.29. The third-order valence-corrected chi connectivity index (χ3v) is 3.45. The molecule has 1 aromatic rings. The van der Waals surface area contributed by atoms with Crippen molar-refractivity contribution in [3.63, 3.8) is 0 Å². The Bertz CT molecular complexity index is 403. The molecule has 1 atom stereocenters. The van der Waals surface area contributed by atoms with E-state index in [9.17, 15) is 4.79 Å². The van der Waals surface area contributed by atoms with E-state index in [1.807, 2.05) is 24.9 Å². The fourth-order valence-corrected chi connectivity index (χ4v) is 2.50. The van der Waals surface area contributed by atoms with Gasteiger partial charge in [0.05, 0.1) is 17.9 Å². The molecule has 1 aliphatic rings. The second-order valence-corrected chi connectivity index (χ2v) is 4.70. The van der Waals surface area contributed by atoms with Crippen molar-refractivity contribution in [2.75, 3.05) is 19.8 Å². The Balaban J connectivity index is 2.11. The lowest BCUT2D eigenvalue weighted by atomic mass is 9.97. The summed E-state index contributed by atoms with van der Waals surface area (Å²) in [6, 6.07) is 0.134. The first-order chi connectivity index (χ1) is 8.74. The summed E-state index contributed by atoms with van der Waals surface area (Å²) in [6.07, 6.45) is 5.04. The molecule has 0 bridgehead atoms. The summed E-state index contributed by atoms with van der Waals surface area (Å²) in [4.78, 5) is 14.1. The molecule has 0 saturated carbocycles. The first kappa shape index (κ1) is 13.1. The molecule has 2 heterocycles. The molecule has 1 amide bonds. The maximum atomic E-state index is 12.1. The third-order valence-electron chi connectivity index (χ3n) is 3.45. The van der Waals surface area contributed by atoms with E-state index in [4.69, 9.17) is 4.74 Å². The summed E-state index contributed by atoms with van der Waals surface area (Å²) >= 11 is 0. The summed E-state index contributed by atoms with van der Waals surface area (Å²) in [5.74, 6) is 0.0792. The highest BCUT2D eigenvalue weighted by Crippen LogP contribution is 2.31. The standard InChI is InChI=1S/C13H21N3O2/c1-3-18-9-12(17)16-7-5-4-6-11(16)13-10(2)8-14-15-13/h8,11H,3-7,9H2,1-2H3,(H,14,15)/t11-/m1/s1. The van der Waals surface area contributed by atoms with Crippen LogP contribution >= 0.6 is 0 Å². The molecular formula is C13H21N3O2. The molecule has 0 unspecified atom stereocenters. The Labute approximate surface area is 108 Å². The number of nitrogens with one attached hydrogen (secondary N) is 1. The second kappa shape index (κ2) is 6.00. The van der Waals surface area contributed by atoms with Gasteiger partial charge in [-0.25, -0.2) is 0 Å². The Morgan fingerprint density at radius 3 is 3.11 bits per heavy atom. The van der Waals surface area contributed by atoms with Crippen LogP contribution in [0.1, 0.15) is 43.5 Å². The number of amides is 1. The van der Waals surface area contributed by atoms with E-state index in [0.717, 1.165) is 37.1 Å². The van der Waals surface area contributed by atoms with Crippen molar-refractivity contribution >= 4 is 5.91 Å². The SMILES string of the molecule is CCOCC(=O)N1CCCC[C@@H]1c1[nH]ncc1C. The van der Waals surface area contributed by atoms with Crippen LogP contribution in [0.25, 0.3) is 0 Å². The summed E-state index contributed by atoms with van der Waals surface area (Å²) < 4.78 is 5.23. The van der Waals surface area contributed by atoms with Gasteiger partial charge in [0.15, 0.2) is 0 Å². The van der Waals surface area contributed by atoms with Crippen LogP contribution in [-0.4, -0.2) is 40.8 Å². The molecule has 18 heavy (non-hydrogen) atoms. The van der Waals surface area contributed by atoms with Crippen molar-refractivity contribution < 1.29 is 9.53 Å². The Morgan fingerprint density at radius 1 is 1.61 bits per heavy atom. The number of aromatic nitrogens is 2. The van der Waals surface area contributed by atoms with Gasteiger partial charge in [-0.15, -0.1) is 0 Å². The Kier molecular flexibility index (Phi) is 4.36. The van der Waals surface area contributed by atoms with E-state index in [-0.39, 0.29) is 18.6 Å². The van der Waals surface area contributed by atoms with Crippen LogP contribution in [0.4, 0.5) is 0 Å². The van der Waals surface area contributed by atoms with Gasteiger partial charge in [0, 0.05) is 13.2 Å². The number of aromatic amines is 1. The topological polar surface area (TPSA) is 58.2 Å². The predicted octanol–water partition coefficient (Wildman–Crippen LogP) is 1.81. The highest BCUT2D eigenvalue weighted by molar-refractivity contribution is 5.78. The lowest BCUT2D eigenvalue weighted by Crippen LogP contribution is -2.40. The Morgan fingerprint density at radius 2 is 2.44 bits per heavy atom. The largest absolute Gasteiger partial charge is 0.372 e. The number of carbonyl (C=O) groups excluding carboxylic acids is 1. The number of likely N-dealkylation sites (tertiary alicyclic amines) is 1. The van der Waals surface area contributed by atoms with Gasteiger partial charge in [0.25, 0.3) is 0 Å². The van der Waals surface area contributed by atoms with Crippen molar-refractivity contribution in [3.8, 4) is 0 Å². The molecule has 1 aromatic heterocycles. The molecule has 5 heteroatoms. The van der Waals surface area contributed by atoms with E-state index >= 15 is 0 Å². The molecule has 5 nitrogen and oxygen atoms in total. The zero-order valence-corrected chi connectivity index (χ0v) is 11.1. The minimum absolute atomic E-state index is 0.0792. The molecule has 1 N–H and O–H groups in total. The van der Waals surface area contributed by atoms with Crippen LogP contribution in [0.15, 0.2) is 6.20 Å². The monoisotopic (exact) mass is 251 g/mol. The van der Waals surface area contributed by atoms with Crippen molar-refractivity contribution in [1.82, 2.24) is 15.1 Å². The van der Waals surface area contributed by atoms with Crippen molar-refractivity contribution in [2.45, 2.75) is 39.2 Å². The zero-order chi connectivity index (χ0) is 13.0. The van der Waals surface area contributed by atoms with Crippen LogP contribution < -0.4 is 0 Å². The number of nitrogens with zero attached hydrogens (tertiary/aromatic N) is 2. The maximum Gasteiger partial charge on any atom is 0.249 e. The number of hydrogen-bond donors (Lipinski definition) is 1. The average Bonchev–Trinajstić information content (AvgIpc) is 2.82. The highest BCUT2D eigenvalue weighted by atomic mass is 16.5. The van der Waals surface area contributed by atoms with Crippen LogP contribution in [0, 0.1) is 6.92 Å². The first-order valence-electron chi connectivity index (χ1n) is 6.61. The van der Waals surface area contributed by atoms with E-state index in [2.05, 4.69) is 10.2 Å². The lowest BCUT2D eigenvalue weighted by Gasteiger charge is -2.35. The van der Waals surface area contributed by atoms with Gasteiger partial charge < -0.3 is 9.64 Å². The van der Waals surface area contributed by atoms with Crippen LogP contribution in [-0.2, 0) is 9.53 Å². The maximum absolute atomic E-state index is 12.1. The normalized spacial score (nSPS) is 20.1. The molecular weight excluding hydrogens is 230 g/mol. The summed E-state index contributed by atoms with van der Waals surface area (Å²) in [6.45, 7) is 5.50. The smallest absolute Gasteiger partial charge is 0.249 e. The third kappa shape index (κ3) is 2.72. The van der Waals surface area contributed by atoms with Gasteiger partial charge in [0.2, 0.25) is 5.91 Å². The number of hydrogen-bond acceptors (Lipinski definition) is 3. The molecule has 0 radical (unpaired) electrons. The molecule has 0 aromatic carbocycles. The number of piperidine rings is 1. The second-order valence-electron chi connectivity index (χ2n) is 4.70. The molecule has 1 saturated heterocycles. The molecule has 2 rings (SSSR count). The van der Waals surface area contributed by atoms with E-state index in [0.29, 0.717) is 6.61 Å². The van der Waals surface area contributed by atoms with Crippen molar-refractivity contribution in [1.29, 1.82) is 0 Å². The predicted molar refractivity (Wildman–Crippen MR) is 68.1 cm³/mol. The number of carbonyl (C=O) groups is 1. The van der Waals surface area contributed by atoms with E-state index < -0.39 is 0 Å². The van der Waals surface area contributed by atoms with Gasteiger partial charge in [-0.2, -0.15) is 5.10 Å². The quantitative estimate of drug-likeness (QED) is 0.887. The lowest BCUT2D eigenvalue weighted by molar-refractivity contribution is -0.140. The molecule has 0 spiro atoms. The molecule has 1 fully saturated rings. The molecule has 100 valence electrons. The van der Waals surface area contributed by atoms with Crippen LogP contribution in [0.5, 0.6) is 0 Å². The van der Waals surface area contributed by atoms with Gasteiger partial charge in [-0.1, -0.05) is 0 Å². The van der Waals surface area contributed by atoms with Crippen LogP contribution in [0.3, 0.4) is 0 Å². The summed E-state index contributed by atoms with van der Waals surface area (Å²) in [5, 5.41) is 7.09. The minimum Gasteiger partial charge on any atom is -0.372 e. The van der Waals surface area contributed by atoms with Gasteiger partial charge in [-0.3, -0.25) is 9.89 Å². The number of H-pyrrole nitrogens is 1. The van der Waals surface area contributed by atoms with Crippen molar-refractivity contribution in [2.24, 2.45) is 0 Å². The minimum atomic E-state index is 0.0792. The van der Waals surface area contributed by atoms with Crippen LogP contribution in [0.2, 0.25) is 0 Å². The van der Waals surface area contributed by atoms with Gasteiger partial charge in [-0.05, 0) is 38.7 Å². The zero-order valence-electron chi connectivity index (χ0n) is 11.1. The first-order valence-corrected chi connectivity index (χ1v) is 6.61. The summed E-state index contributed by atoms with van der Waals surface area (Å²) in [5.41, 5.74) is 2.19. The fourth-order valence-electron chi connectivity index (χ4n) is 2.50. The molecule has 1 aliphatic heterocycles. The van der Waals surface area contributed by atoms with E-state index in [1.165, 1.54) is 0 Å². The van der Waals surface area contributed by atoms with Gasteiger partial charge in [0.1, 0.15) is 6.61 Å². The average molecular weight is 251 g/mol. The van der Waals surface area contributed by atoms with Gasteiger partial charge >= 0.3 is 0 Å². The number of aryl methyl sites for hydroxylation is 1. The van der Waals surface area contributed by atoms with E-state index in [1.54, 1.807) is 0 Å². The Hall–Kier alpha value is -1.36. The summed E-state index contributed by atoms with van der Waals surface area (Å²) in [7, 11) is 0.